The third-order valence-electron chi connectivity index (χ3n) is 5.52. The highest BCUT2D eigenvalue weighted by molar-refractivity contribution is 5.79. The van der Waals surface area contributed by atoms with Crippen LogP contribution in [0, 0.1) is 6.92 Å². The molecule has 0 N–H and O–H groups in total. The molecule has 144 valence electrons. The van der Waals surface area contributed by atoms with Crippen LogP contribution in [-0.2, 0) is 9.53 Å². The van der Waals surface area contributed by atoms with Crippen molar-refractivity contribution in [2.75, 3.05) is 45.9 Å². The Morgan fingerprint density at radius 2 is 2.11 bits per heavy atom. The monoisotopic (exact) mass is 369 g/mol. The smallest absolute Gasteiger partial charge is 0.223 e. The lowest BCUT2D eigenvalue weighted by Crippen LogP contribution is -2.42. The molecule has 27 heavy (non-hydrogen) atoms. The highest BCUT2D eigenvalue weighted by Crippen LogP contribution is 2.30. The van der Waals surface area contributed by atoms with Crippen LogP contribution in [-0.4, -0.2) is 76.6 Å². The van der Waals surface area contributed by atoms with Gasteiger partial charge in [0.05, 0.1) is 18.9 Å². The van der Waals surface area contributed by atoms with Gasteiger partial charge in [-0.05, 0) is 31.9 Å². The molecule has 2 aromatic rings. The second kappa shape index (κ2) is 8.27. The molecule has 2 saturated heterocycles. The Morgan fingerprint density at radius 3 is 2.96 bits per heavy atom. The molecule has 7 nitrogen and oxygen atoms in total. The molecule has 0 radical (unpaired) electrons. The zero-order valence-electron chi connectivity index (χ0n) is 15.9. The summed E-state index contributed by atoms with van der Waals surface area (Å²) in [5.74, 6) is 1.24. The Kier molecular flexibility index (Phi) is 5.59. The van der Waals surface area contributed by atoms with Crippen LogP contribution >= 0.6 is 0 Å². The summed E-state index contributed by atoms with van der Waals surface area (Å²) < 4.78 is 5.38. The van der Waals surface area contributed by atoms with Gasteiger partial charge in [0.1, 0.15) is 5.82 Å². The zero-order chi connectivity index (χ0) is 18.6. The fourth-order valence-electron chi connectivity index (χ4n) is 4.07. The minimum absolute atomic E-state index is 0.249. The summed E-state index contributed by atoms with van der Waals surface area (Å²) in [7, 11) is 0. The fourth-order valence-corrected chi connectivity index (χ4v) is 4.07. The van der Waals surface area contributed by atoms with E-state index in [1.54, 1.807) is 6.20 Å². The molecule has 4 rings (SSSR count). The first-order chi connectivity index (χ1) is 13.2. The number of carbonyl (C=O) groups excluding carboxylic acids is 1. The minimum Gasteiger partial charge on any atom is -0.379 e. The Bertz CT molecular complexity index is 806. The summed E-state index contributed by atoms with van der Waals surface area (Å²) >= 11 is 0. The molecule has 0 spiro atoms. The first kappa shape index (κ1) is 18.3. The number of nitrogens with zero attached hydrogens (tertiary/aromatic N) is 5. The maximum absolute atomic E-state index is 12.8. The van der Waals surface area contributed by atoms with E-state index < -0.39 is 0 Å². The van der Waals surface area contributed by atoms with Gasteiger partial charge in [0.15, 0.2) is 5.65 Å². The van der Waals surface area contributed by atoms with Crippen LogP contribution in [0.15, 0.2) is 18.3 Å². The first-order valence-corrected chi connectivity index (χ1v) is 9.88. The third kappa shape index (κ3) is 4.25. The number of rotatable bonds is 4. The van der Waals surface area contributed by atoms with Crippen LogP contribution in [0.1, 0.15) is 36.7 Å². The van der Waals surface area contributed by atoms with Crippen LogP contribution in [0.5, 0.6) is 0 Å². The van der Waals surface area contributed by atoms with Crippen molar-refractivity contribution in [3.05, 3.63) is 29.8 Å². The van der Waals surface area contributed by atoms with Gasteiger partial charge in [-0.25, -0.2) is 15.0 Å². The lowest BCUT2D eigenvalue weighted by Gasteiger charge is -2.34. The van der Waals surface area contributed by atoms with Gasteiger partial charge in [-0.3, -0.25) is 9.69 Å². The van der Waals surface area contributed by atoms with E-state index in [4.69, 9.17) is 9.72 Å². The molecular formula is C20H27N5O2. The van der Waals surface area contributed by atoms with Gasteiger partial charge in [0.2, 0.25) is 5.91 Å². The van der Waals surface area contributed by atoms with Gasteiger partial charge in [-0.1, -0.05) is 0 Å². The quantitative estimate of drug-likeness (QED) is 0.818. The van der Waals surface area contributed by atoms with E-state index in [2.05, 4.69) is 14.9 Å². The number of aromatic nitrogens is 3. The molecule has 2 aliphatic rings. The molecule has 0 saturated carbocycles. The molecule has 0 unspecified atom stereocenters. The van der Waals surface area contributed by atoms with Crippen molar-refractivity contribution in [3.8, 4) is 0 Å². The summed E-state index contributed by atoms with van der Waals surface area (Å²) in [6, 6.07) is 3.97. The predicted molar refractivity (Wildman–Crippen MR) is 103 cm³/mol. The average molecular weight is 369 g/mol. The normalized spacial score (nSPS) is 21.5. The number of fused-ring (bicyclic) bond motifs is 1. The second-order valence-electron chi connectivity index (χ2n) is 7.41. The minimum atomic E-state index is 0.249. The van der Waals surface area contributed by atoms with Gasteiger partial charge in [0.25, 0.3) is 0 Å². The lowest BCUT2D eigenvalue weighted by atomic mass is 9.92. The van der Waals surface area contributed by atoms with Crippen molar-refractivity contribution in [2.24, 2.45) is 0 Å². The van der Waals surface area contributed by atoms with Crippen LogP contribution < -0.4 is 0 Å². The van der Waals surface area contributed by atoms with Crippen molar-refractivity contribution >= 4 is 16.9 Å². The summed E-state index contributed by atoms with van der Waals surface area (Å²) in [5, 5.41) is 1.01. The summed E-state index contributed by atoms with van der Waals surface area (Å²) in [5.41, 5.74) is 1.78. The van der Waals surface area contributed by atoms with E-state index in [9.17, 15) is 4.79 Å². The van der Waals surface area contributed by atoms with Gasteiger partial charge in [-0.15, -0.1) is 0 Å². The molecule has 4 heterocycles. The topological polar surface area (TPSA) is 71.5 Å². The van der Waals surface area contributed by atoms with Crippen molar-refractivity contribution in [3.63, 3.8) is 0 Å². The predicted octanol–water partition coefficient (Wildman–Crippen LogP) is 1.76. The zero-order valence-corrected chi connectivity index (χ0v) is 15.9. The molecule has 1 atom stereocenters. The Morgan fingerprint density at radius 1 is 1.26 bits per heavy atom. The molecule has 2 aliphatic heterocycles. The average Bonchev–Trinajstić information content (AvgIpc) is 2.72. The third-order valence-corrected chi connectivity index (χ3v) is 5.52. The standard InChI is InChI=1S/C20H27N5O2/c1-15-22-19(17-5-2-7-21-20(17)23-15)16-4-3-8-25(14-16)18(26)6-9-24-10-12-27-13-11-24/h2,5,7,16H,3-4,6,8-14H2,1H3/t16-/m1/s1. The fraction of sp³-hybridized carbons (Fsp3) is 0.600. The van der Waals surface area contributed by atoms with Gasteiger partial charge in [0, 0.05) is 56.6 Å². The van der Waals surface area contributed by atoms with Crippen molar-refractivity contribution < 1.29 is 9.53 Å². The summed E-state index contributed by atoms with van der Waals surface area (Å²) in [4.78, 5) is 30.7. The number of piperidine rings is 1. The van der Waals surface area contributed by atoms with Crippen LogP contribution in [0.3, 0.4) is 0 Å². The van der Waals surface area contributed by atoms with Crippen LogP contribution in [0.4, 0.5) is 0 Å². The van der Waals surface area contributed by atoms with Crippen molar-refractivity contribution in [1.29, 1.82) is 0 Å². The number of hydrogen-bond acceptors (Lipinski definition) is 6. The second-order valence-corrected chi connectivity index (χ2v) is 7.41. The molecular weight excluding hydrogens is 342 g/mol. The van der Waals surface area contributed by atoms with Gasteiger partial charge >= 0.3 is 0 Å². The van der Waals surface area contributed by atoms with Crippen molar-refractivity contribution in [1.82, 2.24) is 24.8 Å². The molecule has 0 aliphatic carbocycles. The number of hydrogen-bond donors (Lipinski definition) is 0. The number of pyridine rings is 1. The van der Waals surface area contributed by atoms with E-state index in [0.717, 1.165) is 81.3 Å². The summed E-state index contributed by atoms with van der Waals surface area (Å²) in [6.45, 7) is 7.71. The van der Waals surface area contributed by atoms with E-state index in [1.807, 2.05) is 24.0 Å². The van der Waals surface area contributed by atoms with E-state index in [-0.39, 0.29) is 11.8 Å². The van der Waals surface area contributed by atoms with Gasteiger partial charge in [-0.2, -0.15) is 0 Å². The maximum atomic E-state index is 12.8. The van der Waals surface area contributed by atoms with Gasteiger partial charge < -0.3 is 9.64 Å². The van der Waals surface area contributed by atoms with Crippen LogP contribution in [0.25, 0.3) is 11.0 Å². The maximum Gasteiger partial charge on any atom is 0.223 e. The number of amides is 1. The van der Waals surface area contributed by atoms with Crippen molar-refractivity contribution in [2.45, 2.75) is 32.1 Å². The largest absolute Gasteiger partial charge is 0.379 e. The van der Waals surface area contributed by atoms with E-state index in [1.165, 1.54) is 0 Å². The molecule has 2 fully saturated rings. The molecule has 0 bridgehead atoms. The van der Waals surface area contributed by atoms with Crippen LogP contribution in [0.2, 0.25) is 0 Å². The summed E-state index contributed by atoms with van der Waals surface area (Å²) in [6.07, 6.45) is 4.41. The number of morpholine rings is 1. The number of carbonyl (C=O) groups is 1. The van der Waals surface area contributed by atoms with E-state index >= 15 is 0 Å². The lowest BCUT2D eigenvalue weighted by molar-refractivity contribution is -0.133. The highest BCUT2D eigenvalue weighted by Gasteiger charge is 2.27. The Balaban J connectivity index is 1.44. The number of likely N-dealkylation sites (tertiary alicyclic amines) is 1. The SMILES string of the molecule is Cc1nc([C@@H]2CCCN(C(=O)CCN3CCOCC3)C2)c2cccnc2n1. The number of ether oxygens (including phenoxy) is 1. The highest BCUT2D eigenvalue weighted by atomic mass is 16.5. The molecule has 1 amide bonds. The first-order valence-electron chi connectivity index (χ1n) is 9.88. The Labute approximate surface area is 159 Å². The van der Waals surface area contributed by atoms with E-state index in [0.29, 0.717) is 6.42 Å². The molecule has 2 aromatic heterocycles. The molecule has 7 heteroatoms. The number of aryl methyl sites for hydroxylation is 1. The Hall–Kier alpha value is -2.12. The molecule has 0 aromatic carbocycles.